The average molecular weight is 366 g/mol. The predicted molar refractivity (Wildman–Crippen MR) is 102 cm³/mol. The molecule has 3 rings (SSSR count). The second-order valence-electron chi connectivity index (χ2n) is 7.05. The van der Waals surface area contributed by atoms with Crippen LogP contribution in [0.25, 0.3) is 0 Å². The fraction of sp³-hybridized carbons (Fsp3) is 0.579. The number of benzene rings is 1. The van der Waals surface area contributed by atoms with Gasteiger partial charge in [0.1, 0.15) is 0 Å². The van der Waals surface area contributed by atoms with Crippen LogP contribution in [0.1, 0.15) is 55.3 Å². The Morgan fingerprint density at radius 2 is 1.68 bits per heavy atom. The van der Waals surface area contributed by atoms with E-state index in [1.807, 2.05) is 0 Å². The Balaban J connectivity index is 0.00000225. The first-order valence-corrected chi connectivity index (χ1v) is 9.09. The van der Waals surface area contributed by atoms with Crippen molar-refractivity contribution in [2.75, 3.05) is 11.9 Å². The topological polar surface area (TPSA) is 84.2 Å². The fourth-order valence-corrected chi connectivity index (χ4v) is 3.94. The molecular weight excluding hydrogens is 338 g/mol. The molecule has 2 fully saturated rings. The molecule has 2 aliphatic carbocycles. The Labute approximate surface area is 155 Å². The molecule has 2 saturated carbocycles. The number of halogens is 1. The molecule has 2 amide bonds. The van der Waals surface area contributed by atoms with E-state index >= 15 is 0 Å². The highest BCUT2D eigenvalue weighted by atomic mass is 35.5. The van der Waals surface area contributed by atoms with E-state index in [0.717, 1.165) is 37.8 Å². The quantitative estimate of drug-likeness (QED) is 0.749. The van der Waals surface area contributed by atoms with Gasteiger partial charge in [0.15, 0.2) is 0 Å². The molecule has 25 heavy (non-hydrogen) atoms. The normalized spacial score (nSPS) is 23.1. The molecule has 1 aromatic rings. The summed E-state index contributed by atoms with van der Waals surface area (Å²) in [5, 5.41) is 6.03. The van der Waals surface area contributed by atoms with Crippen molar-refractivity contribution in [1.82, 2.24) is 5.32 Å². The molecule has 0 radical (unpaired) electrons. The molecule has 1 aromatic carbocycles. The number of amides is 2. The molecule has 0 spiro atoms. The Kier molecular flexibility index (Phi) is 7.26. The SMILES string of the molecule is Cl.NC[C@H]1CCC[C@H]1C(=O)Nc1ccc(C(=O)NC2CCCC2)cc1. The summed E-state index contributed by atoms with van der Waals surface area (Å²) < 4.78 is 0. The number of hydrogen-bond donors (Lipinski definition) is 3. The highest BCUT2D eigenvalue weighted by Crippen LogP contribution is 2.31. The first-order chi connectivity index (χ1) is 11.7. The Bertz CT molecular complexity index is 585. The monoisotopic (exact) mass is 365 g/mol. The molecular formula is C19H28ClN3O2. The molecule has 4 N–H and O–H groups in total. The summed E-state index contributed by atoms with van der Waals surface area (Å²) >= 11 is 0. The molecule has 138 valence electrons. The van der Waals surface area contributed by atoms with Gasteiger partial charge in [-0.1, -0.05) is 19.3 Å². The van der Waals surface area contributed by atoms with Crippen LogP contribution in [0, 0.1) is 11.8 Å². The van der Waals surface area contributed by atoms with Crippen LogP contribution >= 0.6 is 12.4 Å². The van der Waals surface area contributed by atoms with E-state index < -0.39 is 0 Å². The van der Waals surface area contributed by atoms with Gasteiger partial charge in [-0.3, -0.25) is 9.59 Å². The summed E-state index contributed by atoms with van der Waals surface area (Å²) in [5.41, 5.74) is 7.13. The number of nitrogens with two attached hydrogens (primary N) is 1. The highest BCUT2D eigenvalue weighted by molar-refractivity contribution is 5.96. The summed E-state index contributed by atoms with van der Waals surface area (Å²) in [4.78, 5) is 24.6. The maximum absolute atomic E-state index is 12.4. The lowest BCUT2D eigenvalue weighted by molar-refractivity contribution is -0.120. The van der Waals surface area contributed by atoms with Gasteiger partial charge in [-0.2, -0.15) is 0 Å². The minimum atomic E-state index is -0.0289. The third-order valence-electron chi connectivity index (χ3n) is 5.40. The van der Waals surface area contributed by atoms with E-state index in [-0.39, 0.29) is 30.1 Å². The smallest absolute Gasteiger partial charge is 0.251 e. The van der Waals surface area contributed by atoms with Crippen molar-refractivity contribution >= 4 is 29.9 Å². The van der Waals surface area contributed by atoms with E-state index in [1.165, 1.54) is 12.8 Å². The highest BCUT2D eigenvalue weighted by Gasteiger charge is 2.31. The van der Waals surface area contributed by atoms with Crippen molar-refractivity contribution in [3.8, 4) is 0 Å². The van der Waals surface area contributed by atoms with Gasteiger partial charge in [-0.05, 0) is 62.4 Å². The fourth-order valence-electron chi connectivity index (χ4n) is 3.94. The van der Waals surface area contributed by atoms with Gasteiger partial charge < -0.3 is 16.4 Å². The van der Waals surface area contributed by atoms with E-state index in [0.29, 0.717) is 24.1 Å². The molecule has 0 bridgehead atoms. The lowest BCUT2D eigenvalue weighted by Crippen LogP contribution is -2.32. The molecule has 0 heterocycles. The summed E-state index contributed by atoms with van der Waals surface area (Å²) in [7, 11) is 0. The van der Waals surface area contributed by atoms with Crippen molar-refractivity contribution in [2.24, 2.45) is 17.6 Å². The molecule has 0 aliphatic heterocycles. The largest absolute Gasteiger partial charge is 0.349 e. The lowest BCUT2D eigenvalue weighted by atomic mass is 9.95. The molecule has 0 saturated heterocycles. The minimum Gasteiger partial charge on any atom is -0.349 e. The van der Waals surface area contributed by atoms with Crippen molar-refractivity contribution < 1.29 is 9.59 Å². The van der Waals surface area contributed by atoms with Crippen LogP contribution in [0.4, 0.5) is 5.69 Å². The summed E-state index contributed by atoms with van der Waals surface area (Å²) in [6.45, 7) is 0.568. The second-order valence-corrected chi connectivity index (χ2v) is 7.05. The van der Waals surface area contributed by atoms with Crippen LogP contribution in [0.2, 0.25) is 0 Å². The molecule has 2 aliphatic rings. The summed E-state index contributed by atoms with van der Waals surface area (Å²) in [6, 6.07) is 7.46. The molecule has 2 atom stereocenters. The van der Waals surface area contributed by atoms with Crippen LogP contribution in [0.5, 0.6) is 0 Å². The van der Waals surface area contributed by atoms with Gasteiger partial charge in [-0.15, -0.1) is 12.4 Å². The maximum atomic E-state index is 12.4. The number of anilines is 1. The maximum Gasteiger partial charge on any atom is 0.251 e. The van der Waals surface area contributed by atoms with Crippen LogP contribution in [0.15, 0.2) is 24.3 Å². The first kappa shape index (κ1) is 19.7. The van der Waals surface area contributed by atoms with Crippen molar-refractivity contribution in [1.29, 1.82) is 0 Å². The van der Waals surface area contributed by atoms with Crippen LogP contribution in [-0.4, -0.2) is 24.4 Å². The zero-order chi connectivity index (χ0) is 16.9. The van der Waals surface area contributed by atoms with Crippen molar-refractivity contribution in [3.63, 3.8) is 0 Å². The second kappa shape index (κ2) is 9.20. The number of hydrogen-bond acceptors (Lipinski definition) is 3. The van der Waals surface area contributed by atoms with Crippen LogP contribution < -0.4 is 16.4 Å². The zero-order valence-corrected chi connectivity index (χ0v) is 15.3. The third-order valence-corrected chi connectivity index (χ3v) is 5.40. The van der Waals surface area contributed by atoms with E-state index in [9.17, 15) is 9.59 Å². The van der Waals surface area contributed by atoms with Gasteiger partial charge >= 0.3 is 0 Å². The summed E-state index contributed by atoms with van der Waals surface area (Å²) in [5.74, 6) is 0.326. The van der Waals surface area contributed by atoms with Crippen molar-refractivity contribution in [2.45, 2.75) is 51.0 Å². The van der Waals surface area contributed by atoms with Gasteiger partial charge in [-0.25, -0.2) is 0 Å². The van der Waals surface area contributed by atoms with E-state index in [4.69, 9.17) is 5.73 Å². The Morgan fingerprint density at radius 1 is 1.00 bits per heavy atom. The minimum absolute atomic E-state index is 0. The van der Waals surface area contributed by atoms with Gasteiger partial charge in [0.05, 0.1) is 0 Å². The van der Waals surface area contributed by atoms with E-state index in [1.54, 1.807) is 24.3 Å². The number of rotatable bonds is 5. The summed E-state index contributed by atoms with van der Waals surface area (Å²) in [6.07, 6.45) is 7.56. The predicted octanol–water partition coefficient (Wildman–Crippen LogP) is 3.09. The number of carbonyl (C=O) groups excluding carboxylic acids is 2. The van der Waals surface area contributed by atoms with Gasteiger partial charge in [0.2, 0.25) is 5.91 Å². The van der Waals surface area contributed by atoms with E-state index in [2.05, 4.69) is 10.6 Å². The lowest BCUT2D eigenvalue weighted by Gasteiger charge is -2.17. The Hall–Kier alpha value is -1.59. The standard InChI is InChI=1S/C19H27N3O2.ClH/c20-12-14-4-3-7-17(14)19(24)22-16-10-8-13(9-11-16)18(23)21-15-5-1-2-6-15;/h8-11,14-15,17H,1-7,12,20H2,(H,21,23)(H,22,24);1H/t14-,17-;/m1./s1. The van der Waals surface area contributed by atoms with Crippen LogP contribution in [-0.2, 0) is 4.79 Å². The number of carbonyl (C=O) groups is 2. The molecule has 5 nitrogen and oxygen atoms in total. The molecule has 0 unspecified atom stereocenters. The Morgan fingerprint density at radius 3 is 2.32 bits per heavy atom. The number of nitrogens with one attached hydrogen (secondary N) is 2. The molecule has 0 aromatic heterocycles. The average Bonchev–Trinajstić information content (AvgIpc) is 3.26. The zero-order valence-electron chi connectivity index (χ0n) is 14.5. The first-order valence-electron chi connectivity index (χ1n) is 9.09. The van der Waals surface area contributed by atoms with Crippen LogP contribution in [0.3, 0.4) is 0 Å². The molecule has 6 heteroatoms. The van der Waals surface area contributed by atoms with Gasteiger partial charge in [0, 0.05) is 23.2 Å². The third kappa shape index (κ3) is 4.95. The van der Waals surface area contributed by atoms with Gasteiger partial charge in [0.25, 0.3) is 5.91 Å². The van der Waals surface area contributed by atoms with Crippen molar-refractivity contribution in [3.05, 3.63) is 29.8 Å².